The summed E-state index contributed by atoms with van der Waals surface area (Å²) in [6.07, 6.45) is 1.59. The molecule has 2 aromatic rings. The van der Waals surface area contributed by atoms with Gasteiger partial charge in [-0.05, 0) is 24.5 Å². The van der Waals surface area contributed by atoms with E-state index < -0.39 is 0 Å². The highest BCUT2D eigenvalue weighted by atomic mass is 16.5. The molecule has 0 radical (unpaired) electrons. The molecule has 0 amide bonds. The van der Waals surface area contributed by atoms with Crippen LogP contribution in [0.25, 0.3) is 10.9 Å². The van der Waals surface area contributed by atoms with E-state index in [1.165, 1.54) is 0 Å². The molecule has 0 unspecified atom stereocenters. The minimum atomic E-state index is 0.885. The van der Waals surface area contributed by atoms with Crippen molar-refractivity contribution in [1.29, 1.82) is 0 Å². The molecule has 1 heterocycles. The topological polar surface area (TPSA) is 35.0 Å². The zero-order valence-corrected chi connectivity index (χ0v) is 8.53. The molecule has 1 aromatic heterocycles. The van der Waals surface area contributed by atoms with Gasteiger partial charge in [0.1, 0.15) is 19.9 Å². The summed E-state index contributed by atoms with van der Waals surface area (Å²) in [6, 6.07) is 4.00. The number of hydrogen-bond acceptors (Lipinski definition) is 3. The lowest BCUT2D eigenvalue weighted by Crippen LogP contribution is -2.07. The molecular weight excluding hydrogens is 175 g/mol. The molecule has 0 N–H and O–H groups in total. The summed E-state index contributed by atoms with van der Waals surface area (Å²) < 4.78 is 5.25. The summed E-state index contributed by atoms with van der Waals surface area (Å²) in [5.74, 6) is 0.885. The SMILES string of the molecule is Bc1cc2ncnc(C)c2cc1OC. The fourth-order valence-corrected chi connectivity index (χ4v) is 1.54. The Bertz CT molecular complexity index is 485. The van der Waals surface area contributed by atoms with Crippen molar-refractivity contribution in [3.63, 3.8) is 0 Å². The summed E-state index contributed by atoms with van der Waals surface area (Å²) in [4.78, 5) is 8.36. The summed E-state index contributed by atoms with van der Waals surface area (Å²) >= 11 is 0. The summed E-state index contributed by atoms with van der Waals surface area (Å²) in [7, 11) is 3.68. The maximum Gasteiger partial charge on any atom is 0.144 e. The number of fused-ring (bicyclic) bond motifs is 1. The van der Waals surface area contributed by atoms with Crippen molar-refractivity contribution in [2.75, 3.05) is 7.11 Å². The van der Waals surface area contributed by atoms with Crippen LogP contribution in [0, 0.1) is 6.92 Å². The van der Waals surface area contributed by atoms with E-state index in [-0.39, 0.29) is 0 Å². The summed E-state index contributed by atoms with van der Waals surface area (Å²) in [5, 5.41) is 1.05. The van der Waals surface area contributed by atoms with Crippen LogP contribution in [0.3, 0.4) is 0 Å². The van der Waals surface area contributed by atoms with Crippen LogP contribution in [0.4, 0.5) is 0 Å². The number of methoxy groups -OCH3 is 1. The lowest BCUT2D eigenvalue weighted by molar-refractivity contribution is 0.419. The largest absolute Gasteiger partial charge is 0.497 e. The van der Waals surface area contributed by atoms with Crippen molar-refractivity contribution in [1.82, 2.24) is 9.97 Å². The Kier molecular flexibility index (Phi) is 2.12. The third kappa shape index (κ3) is 1.33. The molecule has 0 fully saturated rings. The predicted molar refractivity (Wildman–Crippen MR) is 59.0 cm³/mol. The standard InChI is InChI=1S/C10H11BN2O/c1-6-7-3-10(14-2)8(11)4-9(7)13-5-12-6/h3-5H,11H2,1-2H3. The van der Waals surface area contributed by atoms with E-state index in [1.54, 1.807) is 13.4 Å². The average Bonchev–Trinajstić information content (AvgIpc) is 2.17. The first-order valence-electron chi connectivity index (χ1n) is 4.48. The van der Waals surface area contributed by atoms with Crippen LogP contribution in [0.5, 0.6) is 5.75 Å². The quantitative estimate of drug-likeness (QED) is 0.597. The number of hydrogen-bond donors (Lipinski definition) is 0. The second kappa shape index (κ2) is 3.29. The van der Waals surface area contributed by atoms with Gasteiger partial charge in [-0.2, -0.15) is 0 Å². The molecule has 3 nitrogen and oxygen atoms in total. The minimum absolute atomic E-state index is 0.885. The molecule has 0 aliphatic carbocycles. The van der Waals surface area contributed by atoms with Crippen LogP contribution in [0.15, 0.2) is 18.5 Å². The van der Waals surface area contributed by atoms with Gasteiger partial charge in [0.15, 0.2) is 0 Å². The number of aromatic nitrogens is 2. The van der Waals surface area contributed by atoms with Gasteiger partial charge >= 0.3 is 0 Å². The molecule has 0 aliphatic heterocycles. The smallest absolute Gasteiger partial charge is 0.144 e. The van der Waals surface area contributed by atoms with Crippen molar-refractivity contribution in [3.8, 4) is 5.75 Å². The van der Waals surface area contributed by atoms with Gasteiger partial charge in [-0.3, -0.25) is 0 Å². The predicted octanol–water partition coefficient (Wildman–Crippen LogP) is 0.205. The minimum Gasteiger partial charge on any atom is -0.497 e. The van der Waals surface area contributed by atoms with Crippen molar-refractivity contribution in [2.45, 2.75) is 6.92 Å². The van der Waals surface area contributed by atoms with Crippen LogP contribution < -0.4 is 10.2 Å². The van der Waals surface area contributed by atoms with Crippen molar-refractivity contribution in [3.05, 3.63) is 24.2 Å². The van der Waals surface area contributed by atoms with Gasteiger partial charge in [0.2, 0.25) is 0 Å². The normalized spacial score (nSPS) is 10.4. The fourth-order valence-electron chi connectivity index (χ4n) is 1.54. The molecule has 0 bridgehead atoms. The van der Waals surface area contributed by atoms with E-state index in [1.807, 2.05) is 26.9 Å². The molecule has 1 aromatic carbocycles. The molecule has 70 valence electrons. The van der Waals surface area contributed by atoms with Crippen LogP contribution in [-0.2, 0) is 0 Å². The van der Waals surface area contributed by atoms with Crippen LogP contribution in [0.1, 0.15) is 5.69 Å². The number of ether oxygens (including phenoxy) is 1. The highest BCUT2D eigenvalue weighted by Crippen LogP contribution is 2.18. The molecular formula is C10H11BN2O. The van der Waals surface area contributed by atoms with Crippen molar-refractivity contribution in [2.24, 2.45) is 0 Å². The molecule has 14 heavy (non-hydrogen) atoms. The van der Waals surface area contributed by atoms with Crippen molar-refractivity contribution >= 4 is 24.2 Å². The number of nitrogens with zero attached hydrogens (tertiary/aromatic N) is 2. The molecule has 2 rings (SSSR count). The maximum atomic E-state index is 5.25. The summed E-state index contributed by atoms with van der Waals surface area (Å²) in [6.45, 7) is 1.97. The van der Waals surface area contributed by atoms with Gasteiger partial charge in [0, 0.05) is 11.1 Å². The highest BCUT2D eigenvalue weighted by Gasteiger charge is 2.04. The van der Waals surface area contributed by atoms with Gasteiger partial charge in [-0.25, -0.2) is 9.97 Å². The van der Waals surface area contributed by atoms with Crippen molar-refractivity contribution < 1.29 is 4.74 Å². The van der Waals surface area contributed by atoms with Gasteiger partial charge in [0.25, 0.3) is 0 Å². The molecule has 4 heteroatoms. The number of aryl methyl sites for hydroxylation is 1. The Morgan fingerprint density at radius 3 is 2.79 bits per heavy atom. The number of rotatable bonds is 1. The van der Waals surface area contributed by atoms with Gasteiger partial charge in [-0.1, -0.05) is 0 Å². The molecule has 0 saturated carbocycles. The Labute approximate surface area is 83.5 Å². The Balaban J connectivity index is 2.80. The first-order valence-corrected chi connectivity index (χ1v) is 4.48. The Morgan fingerprint density at radius 2 is 2.07 bits per heavy atom. The monoisotopic (exact) mass is 186 g/mol. The third-order valence-corrected chi connectivity index (χ3v) is 2.35. The van der Waals surface area contributed by atoms with Crippen LogP contribution >= 0.6 is 0 Å². The first-order chi connectivity index (χ1) is 6.72. The molecule has 0 spiro atoms. The third-order valence-electron chi connectivity index (χ3n) is 2.35. The lowest BCUT2D eigenvalue weighted by Gasteiger charge is -2.07. The van der Waals surface area contributed by atoms with Gasteiger partial charge in [-0.15, -0.1) is 0 Å². The highest BCUT2D eigenvalue weighted by molar-refractivity contribution is 6.35. The number of benzene rings is 1. The zero-order chi connectivity index (χ0) is 10.1. The molecule has 0 saturated heterocycles. The lowest BCUT2D eigenvalue weighted by atomic mass is 9.93. The second-order valence-electron chi connectivity index (χ2n) is 3.30. The zero-order valence-electron chi connectivity index (χ0n) is 8.53. The van der Waals surface area contributed by atoms with E-state index >= 15 is 0 Å². The van der Waals surface area contributed by atoms with Crippen LogP contribution in [-0.4, -0.2) is 24.9 Å². The van der Waals surface area contributed by atoms with Gasteiger partial charge < -0.3 is 4.74 Å². The van der Waals surface area contributed by atoms with Crippen LogP contribution in [0.2, 0.25) is 0 Å². The Morgan fingerprint density at radius 1 is 1.29 bits per heavy atom. The second-order valence-corrected chi connectivity index (χ2v) is 3.30. The molecule has 0 atom stereocenters. The van der Waals surface area contributed by atoms with E-state index in [0.29, 0.717) is 0 Å². The van der Waals surface area contributed by atoms with E-state index in [9.17, 15) is 0 Å². The Hall–Kier alpha value is -1.58. The maximum absolute atomic E-state index is 5.25. The van der Waals surface area contributed by atoms with E-state index in [0.717, 1.165) is 27.8 Å². The van der Waals surface area contributed by atoms with E-state index in [2.05, 4.69) is 9.97 Å². The first kappa shape index (κ1) is 9.00. The van der Waals surface area contributed by atoms with Gasteiger partial charge in [0.05, 0.1) is 12.6 Å². The average molecular weight is 186 g/mol. The van der Waals surface area contributed by atoms with E-state index in [4.69, 9.17) is 4.74 Å². The fraction of sp³-hybridized carbons (Fsp3) is 0.200. The molecule has 0 aliphatic rings. The summed E-state index contributed by atoms with van der Waals surface area (Å²) in [5.41, 5.74) is 3.04.